The monoisotopic (exact) mass is 572 g/mol. The van der Waals surface area contributed by atoms with Crippen molar-refractivity contribution < 1.29 is 9.53 Å². The Morgan fingerprint density at radius 2 is 1.81 bits per heavy atom. The zero-order valence-electron chi connectivity index (χ0n) is 26.2. The number of nitrogens with one attached hydrogen (secondary N) is 3. The van der Waals surface area contributed by atoms with Gasteiger partial charge in [0.1, 0.15) is 17.9 Å². The lowest BCUT2D eigenvalue weighted by Crippen LogP contribution is -2.52. The lowest BCUT2D eigenvalue weighted by Gasteiger charge is -2.31. The van der Waals surface area contributed by atoms with Crippen molar-refractivity contribution >= 4 is 23.6 Å². The predicted octanol–water partition coefficient (Wildman–Crippen LogP) is 4.47. The average molecular weight is 573 g/mol. The molecule has 8 nitrogen and oxygen atoms in total. The van der Waals surface area contributed by atoms with E-state index < -0.39 is 0 Å². The third-order valence-corrected chi connectivity index (χ3v) is 9.67. The number of carbonyl (C=O) groups excluding carboxylic acids is 1. The fourth-order valence-electron chi connectivity index (χ4n) is 7.18. The molecule has 1 amide bonds. The number of methoxy groups -OCH3 is 1. The number of hydrogen-bond acceptors (Lipinski definition) is 5. The van der Waals surface area contributed by atoms with Gasteiger partial charge in [-0.05, 0) is 75.2 Å². The minimum Gasteiger partial charge on any atom is -0.367 e. The third kappa shape index (κ3) is 5.55. The molecular weight excluding hydrogens is 524 g/mol. The van der Waals surface area contributed by atoms with E-state index in [1.54, 1.807) is 7.11 Å². The number of aryl methyl sites for hydroxylation is 1. The maximum atomic E-state index is 13.8. The molecule has 0 aromatic carbocycles. The van der Waals surface area contributed by atoms with Crippen molar-refractivity contribution in [2.75, 3.05) is 13.7 Å². The van der Waals surface area contributed by atoms with Crippen LogP contribution in [-0.2, 0) is 16.0 Å². The van der Waals surface area contributed by atoms with Crippen LogP contribution in [0.1, 0.15) is 108 Å². The minimum atomic E-state index is -0.288. The van der Waals surface area contributed by atoms with E-state index in [-0.39, 0.29) is 30.1 Å². The molecule has 1 aliphatic heterocycles. The summed E-state index contributed by atoms with van der Waals surface area (Å²) in [5, 5.41) is 5.68. The summed E-state index contributed by atoms with van der Waals surface area (Å²) in [6, 6.07) is -0.300. The molecular formula is C34H48N6O2. The molecule has 4 aliphatic rings. The van der Waals surface area contributed by atoms with Gasteiger partial charge >= 0.3 is 0 Å². The van der Waals surface area contributed by atoms with Crippen LogP contribution in [0, 0.1) is 17.8 Å². The van der Waals surface area contributed by atoms with Crippen molar-refractivity contribution in [1.82, 2.24) is 30.2 Å². The van der Waals surface area contributed by atoms with Gasteiger partial charge < -0.3 is 19.6 Å². The number of aromatic nitrogens is 4. The highest BCUT2D eigenvalue weighted by Crippen LogP contribution is 2.42. The molecule has 2 aromatic heterocycles. The van der Waals surface area contributed by atoms with Crippen LogP contribution in [0.4, 0.5) is 0 Å². The molecule has 8 heteroatoms. The summed E-state index contributed by atoms with van der Waals surface area (Å²) < 4.78 is 5.42. The van der Waals surface area contributed by atoms with Crippen molar-refractivity contribution in [3.8, 4) is 0 Å². The number of carbonyl (C=O) groups is 1. The summed E-state index contributed by atoms with van der Waals surface area (Å²) in [5.74, 6) is 3.68. The highest BCUT2D eigenvalue weighted by atomic mass is 16.5. The summed E-state index contributed by atoms with van der Waals surface area (Å²) in [7, 11) is 1.67. The predicted molar refractivity (Wildman–Crippen MR) is 167 cm³/mol. The summed E-state index contributed by atoms with van der Waals surface area (Å²) in [4.78, 5) is 33.1. The van der Waals surface area contributed by atoms with Gasteiger partial charge in [0, 0.05) is 30.8 Å². The molecule has 3 aliphatic carbocycles. The Kier molecular flexibility index (Phi) is 8.29. The average Bonchev–Trinajstić information content (AvgIpc) is 3.71. The fraction of sp³-hybridized carbons (Fsp3) is 0.618. The topological polar surface area (TPSA) is 98.9 Å². The van der Waals surface area contributed by atoms with E-state index in [9.17, 15) is 4.79 Å². The van der Waals surface area contributed by atoms with Gasteiger partial charge in [0.05, 0.1) is 28.5 Å². The van der Waals surface area contributed by atoms with E-state index in [0.29, 0.717) is 17.8 Å². The number of fused-ring (bicyclic) bond motifs is 4. The van der Waals surface area contributed by atoms with Gasteiger partial charge in [0.15, 0.2) is 0 Å². The third-order valence-electron chi connectivity index (χ3n) is 9.67. The van der Waals surface area contributed by atoms with Gasteiger partial charge in [-0.2, -0.15) is 0 Å². The number of imidazole rings is 2. The van der Waals surface area contributed by atoms with Crippen LogP contribution in [0.15, 0.2) is 17.7 Å². The van der Waals surface area contributed by atoms with Gasteiger partial charge in [0.25, 0.3) is 0 Å². The van der Waals surface area contributed by atoms with Crippen molar-refractivity contribution in [3.05, 3.63) is 51.5 Å². The Morgan fingerprint density at radius 1 is 1.02 bits per heavy atom. The smallest absolute Gasteiger partial charge is 0.240 e. The van der Waals surface area contributed by atoms with E-state index in [0.717, 1.165) is 74.2 Å². The molecule has 0 radical (unpaired) electrons. The summed E-state index contributed by atoms with van der Waals surface area (Å²) in [6.07, 6.45) is 16.7. The molecule has 3 N–H and O–H groups in total. The van der Waals surface area contributed by atoms with Crippen LogP contribution in [0.3, 0.4) is 0 Å². The number of rotatable bonds is 8. The van der Waals surface area contributed by atoms with Crippen molar-refractivity contribution in [2.45, 2.75) is 104 Å². The van der Waals surface area contributed by atoms with Crippen LogP contribution >= 0.6 is 0 Å². The molecule has 6 rings (SSSR count). The largest absolute Gasteiger partial charge is 0.367 e. The second-order valence-electron chi connectivity index (χ2n) is 13.3. The molecule has 2 aromatic rings. The first kappa shape index (κ1) is 29.1. The number of nitrogens with zero attached hydrogens (tertiary/aromatic N) is 3. The standard InChI is InChI=1S/C34H48N6O2/c1-19(2)30(35-21(5)42-6)34(41)40-16-8-11-29(40)33-37-27-10-7-9-24-17-22(12-14-25(24)31(27)39-33)23-13-15-26-28(18-23)38-32(36-26)20(3)4/h14-15,17-23,29-30,35H,7-13,16H2,1-6H3,(H,36,38)(H,37,39). The Bertz CT molecular complexity index is 1490. The Hall–Kier alpha value is -2.97. The second-order valence-corrected chi connectivity index (χ2v) is 13.3. The molecule has 1 saturated heterocycles. The molecule has 0 spiro atoms. The number of hydrogen-bond donors (Lipinski definition) is 3. The minimum absolute atomic E-state index is 0.0126. The van der Waals surface area contributed by atoms with Gasteiger partial charge in [-0.3, -0.25) is 10.1 Å². The quantitative estimate of drug-likeness (QED) is 0.406. The van der Waals surface area contributed by atoms with Crippen LogP contribution in [0.5, 0.6) is 0 Å². The SMILES string of the molecule is COC(C)NC(C(=O)N1CCCC1c1nc2c([nH]1)CCCC1=CC(C3C=c4[nH]c(C(C)C)nc4=CC3)CC=C12)C(C)C. The molecule has 3 heterocycles. The van der Waals surface area contributed by atoms with Crippen molar-refractivity contribution in [3.63, 3.8) is 0 Å². The molecule has 0 saturated carbocycles. The number of likely N-dealkylation sites (tertiary alicyclic amines) is 1. The van der Waals surface area contributed by atoms with Crippen molar-refractivity contribution in [1.29, 1.82) is 0 Å². The zero-order valence-corrected chi connectivity index (χ0v) is 26.2. The van der Waals surface area contributed by atoms with E-state index in [2.05, 4.69) is 67.3 Å². The number of ether oxygens (including phenoxy) is 1. The zero-order chi connectivity index (χ0) is 29.5. The van der Waals surface area contributed by atoms with E-state index >= 15 is 0 Å². The number of H-pyrrole nitrogens is 2. The molecule has 5 unspecified atom stereocenters. The first-order valence-corrected chi connectivity index (χ1v) is 16.1. The van der Waals surface area contributed by atoms with Gasteiger partial charge in [-0.15, -0.1) is 0 Å². The molecule has 0 bridgehead atoms. The Morgan fingerprint density at radius 3 is 2.57 bits per heavy atom. The second kappa shape index (κ2) is 12.0. The summed E-state index contributed by atoms with van der Waals surface area (Å²) in [6.45, 7) is 11.3. The molecule has 226 valence electrons. The Labute approximate surface area is 249 Å². The van der Waals surface area contributed by atoms with Crippen LogP contribution in [0.2, 0.25) is 0 Å². The fourth-order valence-corrected chi connectivity index (χ4v) is 7.18. The van der Waals surface area contributed by atoms with E-state index in [1.165, 1.54) is 22.2 Å². The van der Waals surface area contributed by atoms with E-state index in [4.69, 9.17) is 14.7 Å². The van der Waals surface area contributed by atoms with Gasteiger partial charge in [-0.1, -0.05) is 52.0 Å². The maximum absolute atomic E-state index is 13.8. The first-order chi connectivity index (χ1) is 20.2. The molecule has 42 heavy (non-hydrogen) atoms. The summed E-state index contributed by atoms with van der Waals surface area (Å²) in [5.41, 5.74) is 5.07. The number of amides is 1. The highest BCUT2D eigenvalue weighted by Gasteiger charge is 2.38. The lowest BCUT2D eigenvalue weighted by molar-refractivity contribution is -0.137. The normalized spacial score (nSPS) is 25.0. The van der Waals surface area contributed by atoms with E-state index in [1.807, 2.05) is 11.8 Å². The number of allylic oxidation sites excluding steroid dienone is 4. The van der Waals surface area contributed by atoms with Crippen LogP contribution < -0.4 is 16.0 Å². The van der Waals surface area contributed by atoms with Crippen LogP contribution in [0.25, 0.3) is 17.7 Å². The van der Waals surface area contributed by atoms with Crippen LogP contribution in [-0.4, -0.2) is 56.7 Å². The first-order valence-electron chi connectivity index (χ1n) is 16.1. The van der Waals surface area contributed by atoms with Crippen molar-refractivity contribution in [2.24, 2.45) is 17.8 Å². The van der Waals surface area contributed by atoms with Gasteiger partial charge in [-0.25, -0.2) is 9.97 Å². The Balaban J connectivity index is 1.22. The maximum Gasteiger partial charge on any atom is 0.240 e. The molecule has 1 fully saturated rings. The van der Waals surface area contributed by atoms with Gasteiger partial charge in [0.2, 0.25) is 5.91 Å². The lowest BCUT2D eigenvalue weighted by atomic mass is 9.78. The highest BCUT2D eigenvalue weighted by molar-refractivity contribution is 5.83. The number of aromatic amines is 2. The molecule has 5 atom stereocenters. The summed E-state index contributed by atoms with van der Waals surface area (Å²) >= 11 is 0.